The molecule has 0 fully saturated rings. The summed E-state index contributed by atoms with van der Waals surface area (Å²) in [6, 6.07) is 12.9. The molecule has 98 valence electrons. The molecule has 0 saturated carbocycles. The normalized spacial score (nSPS) is 14.0. The molecule has 0 radical (unpaired) electrons. The third kappa shape index (κ3) is 4.05. The summed E-state index contributed by atoms with van der Waals surface area (Å²) in [5.41, 5.74) is 0.632. The molecule has 1 unspecified atom stereocenters. The van der Waals surface area contributed by atoms with Gasteiger partial charge in [0.05, 0.1) is 6.07 Å². The molecule has 0 bridgehead atoms. The summed E-state index contributed by atoms with van der Waals surface area (Å²) in [7, 11) is 0. The average Bonchev–Trinajstić information content (AvgIpc) is 2.36. The van der Waals surface area contributed by atoms with Gasteiger partial charge in [-0.25, -0.2) is 0 Å². The van der Waals surface area contributed by atoms with Crippen molar-refractivity contribution in [3.05, 3.63) is 30.3 Å². The summed E-state index contributed by atoms with van der Waals surface area (Å²) >= 11 is 0. The molecule has 0 aliphatic rings. The highest BCUT2D eigenvalue weighted by Crippen LogP contribution is 2.16. The van der Waals surface area contributed by atoms with Gasteiger partial charge in [0.25, 0.3) is 0 Å². The van der Waals surface area contributed by atoms with Gasteiger partial charge in [0.15, 0.2) is 0 Å². The molecule has 3 heteroatoms. The number of nitrogens with one attached hydrogen (secondary N) is 1. The van der Waals surface area contributed by atoms with E-state index in [0.717, 1.165) is 12.2 Å². The van der Waals surface area contributed by atoms with Gasteiger partial charge in [0.2, 0.25) is 0 Å². The lowest BCUT2D eigenvalue weighted by Crippen LogP contribution is -2.53. The number of hydrogen-bond acceptors (Lipinski definition) is 3. The standard InChI is InChI=1S/C15H23N3/c1-5-18(14-9-7-6-8-10-14)12-15(4,11-16)17-13(2)3/h6-10,13,17H,5,12H2,1-4H3. The van der Waals surface area contributed by atoms with Gasteiger partial charge in [0.1, 0.15) is 5.54 Å². The smallest absolute Gasteiger partial charge is 0.121 e. The summed E-state index contributed by atoms with van der Waals surface area (Å²) in [4.78, 5) is 2.22. The van der Waals surface area contributed by atoms with Crippen LogP contribution in [0.1, 0.15) is 27.7 Å². The van der Waals surface area contributed by atoms with Crippen molar-refractivity contribution in [3.8, 4) is 6.07 Å². The van der Waals surface area contributed by atoms with Crippen molar-refractivity contribution in [2.75, 3.05) is 18.0 Å². The van der Waals surface area contributed by atoms with Crippen LogP contribution < -0.4 is 10.2 Å². The highest BCUT2D eigenvalue weighted by Gasteiger charge is 2.27. The van der Waals surface area contributed by atoms with Gasteiger partial charge in [-0.15, -0.1) is 0 Å². The first-order chi connectivity index (χ1) is 8.50. The zero-order valence-corrected chi connectivity index (χ0v) is 11.8. The molecule has 0 heterocycles. The lowest BCUT2D eigenvalue weighted by Gasteiger charge is -2.33. The number of anilines is 1. The second kappa shape index (κ2) is 6.42. The van der Waals surface area contributed by atoms with Gasteiger partial charge in [-0.3, -0.25) is 5.32 Å². The van der Waals surface area contributed by atoms with Crippen LogP contribution in [0.2, 0.25) is 0 Å². The number of nitrogens with zero attached hydrogens (tertiary/aromatic N) is 2. The Morgan fingerprint density at radius 2 is 1.94 bits per heavy atom. The molecule has 1 atom stereocenters. The number of rotatable bonds is 6. The van der Waals surface area contributed by atoms with Crippen molar-refractivity contribution in [2.24, 2.45) is 0 Å². The lowest BCUT2D eigenvalue weighted by atomic mass is 10.0. The van der Waals surface area contributed by atoms with Crippen molar-refractivity contribution in [3.63, 3.8) is 0 Å². The zero-order chi connectivity index (χ0) is 13.6. The number of nitriles is 1. The zero-order valence-electron chi connectivity index (χ0n) is 11.8. The first-order valence-corrected chi connectivity index (χ1v) is 6.49. The van der Waals surface area contributed by atoms with E-state index in [1.54, 1.807) is 0 Å². The van der Waals surface area contributed by atoms with Gasteiger partial charge >= 0.3 is 0 Å². The van der Waals surface area contributed by atoms with E-state index in [1.165, 1.54) is 0 Å². The molecular formula is C15H23N3. The molecule has 0 saturated heterocycles. The molecule has 3 nitrogen and oxygen atoms in total. The third-order valence-electron chi connectivity index (χ3n) is 2.86. The fraction of sp³-hybridized carbons (Fsp3) is 0.533. The quantitative estimate of drug-likeness (QED) is 0.837. The molecule has 1 aromatic carbocycles. The van der Waals surface area contributed by atoms with Crippen LogP contribution in [0.5, 0.6) is 0 Å². The number of benzene rings is 1. The molecule has 1 N–H and O–H groups in total. The van der Waals surface area contributed by atoms with Crippen LogP contribution in [0, 0.1) is 11.3 Å². The highest BCUT2D eigenvalue weighted by atomic mass is 15.2. The Labute approximate surface area is 110 Å². The van der Waals surface area contributed by atoms with E-state index in [2.05, 4.69) is 49.2 Å². The summed E-state index contributed by atoms with van der Waals surface area (Å²) in [5.74, 6) is 0. The summed E-state index contributed by atoms with van der Waals surface area (Å²) in [6.45, 7) is 9.77. The maximum absolute atomic E-state index is 9.39. The minimum Gasteiger partial charge on any atom is -0.369 e. The van der Waals surface area contributed by atoms with E-state index in [0.29, 0.717) is 12.6 Å². The first kappa shape index (κ1) is 14.5. The van der Waals surface area contributed by atoms with E-state index >= 15 is 0 Å². The Bertz CT molecular complexity index is 394. The minimum atomic E-state index is -0.528. The molecule has 0 amide bonds. The van der Waals surface area contributed by atoms with E-state index in [9.17, 15) is 5.26 Å². The van der Waals surface area contributed by atoms with Crippen LogP contribution in [0.4, 0.5) is 5.69 Å². The number of likely N-dealkylation sites (N-methyl/N-ethyl adjacent to an activating group) is 1. The molecule has 0 spiro atoms. The van der Waals surface area contributed by atoms with Gasteiger partial charge in [-0.1, -0.05) is 18.2 Å². The van der Waals surface area contributed by atoms with Crippen molar-refractivity contribution >= 4 is 5.69 Å². The average molecular weight is 245 g/mol. The van der Waals surface area contributed by atoms with Crippen molar-refractivity contribution in [1.29, 1.82) is 5.26 Å². The third-order valence-corrected chi connectivity index (χ3v) is 2.86. The fourth-order valence-electron chi connectivity index (χ4n) is 2.16. The van der Waals surface area contributed by atoms with Gasteiger partial charge in [0, 0.05) is 24.8 Å². The lowest BCUT2D eigenvalue weighted by molar-refractivity contribution is 0.404. The Balaban J connectivity index is 2.82. The summed E-state index contributed by atoms with van der Waals surface area (Å²) in [5, 5.41) is 12.7. The Morgan fingerprint density at radius 3 is 2.39 bits per heavy atom. The molecule has 0 aliphatic heterocycles. The molecule has 1 rings (SSSR count). The first-order valence-electron chi connectivity index (χ1n) is 6.49. The Kier molecular flexibility index (Phi) is 5.18. The topological polar surface area (TPSA) is 39.1 Å². The SMILES string of the molecule is CCN(CC(C)(C#N)NC(C)C)c1ccccc1. The van der Waals surface area contributed by atoms with Crippen LogP contribution in [0.15, 0.2) is 30.3 Å². The van der Waals surface area contributed by atoms with E-state index < -0.39 is 5.54 Å². The van der Waals surface area contributed by atoms with Crippen molar-refractivity contribution < 1.29 is 0 Å². The highest BCUT2D eigenvalue weighted by molar-refractivity contribution is 5.46. The molecule has 0 aliphatic carbocycles. The van der Waals surface area contributed by atoms with Crippen LogP contribution in [0.25, 0.3) is 0 Å². The maximum atomic E-state index is 9.39. The molecular weight excluding hydrogens is 222 g/mol. The van der Waals surface area contributed by atoms with Crippen LogP contribution in [-0.4, -0.2) is 24.7 Å². The second-order valence-corrected chi connectivity index (χ2v) is 5.09. The maximum Gasteiger partial charge on any atom is 0.121 e. The van der Waals surface area contributed by atoms with Crippen molar-refractivity contribution in [1.82, 2.24) is 5.32 Å². The predicted molar refractivity (Wildman–Crippen MR) is 76.6 cm³/mol. The van der Waals surface area contributed by atoms with Gasteiger partial charge in [-0.2, -0.15) is 5.26 Å². The summed E-state index contributed by atoms with van der Waals surface area (Å²) < 4.78 is 0. The number of para-hydroxylation sites is 1. The van der Waals surface area contributed by atoms with Crippen LogP contribution in [-0.2, 0) is 0 Å². The summed E-state index contributed by atoms with van der Waals surface area (Å²) in [6.07, 6.45) is 0. The molecule has 1 aromatic rings. The predicted octanol–water partition coefficient (Wildman–Crippen LogP) is 2.79. The molecule has 0 aromatic heterocycles. The van der Waals surface area contributed by atoms with E-state index in [4.69, 9.17) is 0 Å². The van der Waals surface area contributed by atoms with Gasteiger partial charge < -0.3 is 4.90 Å². The van der Waals surface area contributed by atoms with Gasteiger partial charge in [-0.05, 0) is 39.8 Å². The minimum absolute atomic E-state index is 0.295. The van der Waals surface area contributed by atoms with E-state index in [1.807, 2.05) is 25.1 Å². The van der Waals surface area contributed by atoms with Crippen LogP contribution in [0.3, 0.4) is 0 Å². The molecule has 18 heavy (non-hydrogen) atoms. The van der Waals surface area contributed by atoms with E-state index in [-0.39, 0.29) is 0 Å². The second-order valence-electron chi connectivity index (χ2n) is 5.09. The monoisotopic (exact) mass is 245 g/mol. The Morgan fingerprint density at radius 1 is 1.33 bits per heavy atom. The number of hydrogen-bond donors (Lipinski definition) is 1. The Hall–Kier alpha value is -1.53. The fourth-order valence-corrected chi connectivity index (χ4v) is 2.16. The largest absolute Gasteiger partial charge is 0.369 e. The van der Waals surface area contributed by atoms with Crippen molar-refractivity contribution in [2.45, 2.75) is 39.3 Å². The van der Waals surface area contributed by atoms with Crippen LogP contribution >= 0.6 is 0 Å².